The lowest BCUT2D eigenvalue weighted by Gasteiger charge is -2.14. The van der Waals surface area contributed by atoms with E-state index in [1.54, 1.807) is 6.20 Å². The summed E-state index contributed by atoms with van der Waals surface area (Å²) in [6.45, 7) is 4.18. The molecule has 0 amide bonds. The largest absolute Gasteiger partial charge is 0.476 e. The Morgan fingerprint density at radius 3 is 2.62 bits per heavy atom. The van der Waals surface area contributed by atoms with Crippen LogP contribution in [-0.4, -0.2) is 21.0 Å². The molecule has 0 saturated carbocycles. The van der Waals surface area contributed by atoms with E-state index >= 15 is 0 Å². The summed E-state index contributed by atoms with van der Waals surface area (Å²) >= 11 is 0. The lowest BCUT2D eigenvalue weighted by molar-refractivity contribution is 0.0687. The van der Waals surface area contributed by atoms with Crippen molar-refractivity contribution in [2.24, 2.45) is 0 Å². The van der Waals surface area contributed by atoms with Gasteiger partial charge in [-0.05, 0) is 12.8 Å². The predicted octanol–water partition coefficient (Wildman–Crippen LogP) is 2.86. The van der Waals surface area contributed by atoms with E-state index in [2.05, 4.69) is 23.8 Å². The van der Waals surface area contributed by atoms with Crippen molar-refractivity contribution in [2.75, 3.05) is 0 Å². The molecule has 1 heterocycles. The van der Waals surface area contributed by atoms with Crippen LogP contribution in [0.4, 0.5) is 0 Å². The highest BCUT2D eigenvalue weighted by Gasteiger charge is 2.19. The van der Waals surface area contributed by atoms with Crippen LogP contribution in [0.1, 0.15) is 61.6 Å². The molecule has 1 aromatic rings. The maximum Gasteiger partial charge on any atom is 0.356 e. The van der Waals surface area contributed by atoms with Crippen LogP contribution < -0.4 is 0 Å². The molecule has 88 valence electrons. The van der Waals surface area contributed by atoms with Crippen LogP contribution in [0.5, 0.6) is 0 Å². The van der Waals surface area contributed by atoms with E-state index in [9.17, 15) is 4.79 Å². The number of hydrogen-bond acceptors (Lipinski definition) is 3. The number of carboxylic acid groups (broad SMARTS) is 1. The summed E-state index contributed by atoms with van der Waals surface area (Å²) in [4.78, 5) is 19.1. The van der Waals surface area contributed by atoms with E-state index in [1.165, 1.54) is 6.20 Å². The molecule has 0 aromatic carbocycles. The Kier molecular flexibility index (Phi) is 4.89. The minimum atomic E-state index is -0.988. The van der Waals surface area contributed by atoms with Crippen LogP contribution in [0.2, 0.25) is 0 Å². The molecule has 0 aliphatic carbocycles. The van der Waals surface area contributed by atoms with Crippen LogP contribution >= 0.6 is 0 Å². The Balaban J connectivity index is 2.94. The highest BCUT2D eigenvalue weighted by atomic mass is 16.4. The van der Waals surface area contributed by atoms with Gasteiger partial charge in [-0.25, -0.2) is 9.78 Å². The van der Waals surface area contributed by atoms with E-state index in [1.807, 2.05) is 0 Å². The van der Waals surface area contributed by atoms with Crippen molar-refractivity contribution in [2.45, 2.75) is 45.4 Å². The summed E-state index contributed by atoms with van der Waals surface area (Å²) in [5, 5.41) is 9.03. The van der Waals surface area contributed by atoms with Crippen molar-refractivity contribution in [3.8, 4) is 0 Å². The molecule has 4 nitrogen and oxygen atoms in total. The second-order valence-electron chi connectivity index (χ2n) is 3.84. The molecule has 16 heavy (non-hydrogen) atoms. The van der Waals surface area contributed by atoms with Gasteiger partial charge in [-0.3, -0.25) is 4.98 Å². The maximum atomic E-state index is 11.0. The molecular formula is C12H18N2O2. The number of aromatic carboxylic acids is 1. The molecule has 0 fully saturated rings. The standard InChI is InChI=1S/C12H18N2O2/c1-3-5-6-9(4-2)10-11(12(15)16)14-8-7-13-10/h7-9H,3-6H2,1-2H3,(H,15,16). The zero-order chi connectivity index (χ0) is 12.0. The average molecular weight is 222 g/mol. The maximum absolute atomic E-state index is 11.0. The van der Waals surface area contributed by atoms with Gasteiger partial charge in [0.25, 0.3) is 0 Å². The van der Waals surface area contributed by atoms with Gasteiger partial charge in [0.2, 0.25) is 0 Å². The number of carbonyl (C=O) groups is 1. The fraction of sp³-hybridized carbons (Fsp3) is 0.583. The lowest BCUT2D eigenvalue weighted by Crippen LogP contribution is -2.11. The molecule has 0 bridgehead atoms. The number of hydrogen-bond donors (Lipinski definition) is 1. The van der Waals surface area contributed by atoms with E-state index < -0.39 is 5.97 Å². The predicted molar refractivity (Wildman–Crippen MR) is 61.5 cm³/mol. The minimum Gasteiger partial charge on any atom is -0.476 e. The number of rotatable bonds is 6. The molecule has 0 aliphatic rings. The third kappa shape index (κ3) is 3.02. The SMILES string of the molecule is CCCCC(CC)c1nccnc1C(=O)O. The Morgan fingerprint density at radius 1 is 1.38 bits per heavy atom. The highest BCUT2D eigenvalue weighted by Crippen LogP contribution is 2.25. The first-order chi connectivity index (χ1) is 7.70. The van der Waals surface area contributed by atoms with Crippen LogP contribution in [0.25, 0.3) is 0 Å². The Bertz CT molecular complexity index is 353. The van der Waals surface area contributed by atoms with Crippen LogP contribution in [0.15, 0.2) is 12.4 Å². The van der Waals surface area contributed by atoms with Crippen molar-refractivity contribution in [1.29, 1.82) is 0 Å². The van der Waals surface area contributed by atoms with E-state index in [0.29, 0.717) is 5.69 Å². The van der Waals surface area contributed by atoms with Gasteiger partial charge < -0.3 is 5.11 Å². The summed E-state index contributed by atoms with van der Waals surface area (Å²) in [6.07, 6.45) is 7.08. The van der Waals surface area contributed by atoms with Crippen LogP contribution in [0.3, 0.4) is 0 Å². The summed E-state index contributed by atoms with van der Waals surface area (Å²) in [6, 6.07) is 0. The van der Waals surface area contributed by atoms with Gasteiger partial charge in [-0.2, -0.15) is 0 Å². The molecule has 1 aromatic heterocycles. The van der Waals surface area contributed by atoms with Gasteiger partial charge in [-0.15, -0.1) is 0 Å². The van der Waals surface area contributed by atoms with Crippen molar-refractivity contribution >= 4 is 5.97 Å². The first-order valence-corrected chi connectivity index (χ1v) is 5.74. The number of nitrogens with zero attached hydrogens (tertiary/aromatic N) is 2. The van der Waals surface area contributed by atoms with Gasteiger partial charge >= 0.3 is 5.97 Å². The quantitative estimate of drug-likeness (QED) is 0.803. The average Bonchev–Trinajstić information content (AvgIpc) is 2.30. The van der Waals surface area contributed by atoms with Crippen molar-refractivity contribution < 1.29 is 9.90 Å². The van der Waals surface area contributed by atoms with Gasteiger partial charge in [0.15, 0.2) is 5.69 Å². The summed E-state index contributed by atoms with van der Waals surface area (Å²) in [5.41, 5.74) is 0.733. The first-order valence-electron chi connectivity index (χ1n) is 5.74. The van der Waals surface area contributed by atoms with E-state index in [-0.39, 0.29) is 11.6 Å². The molecular weight excluding hydrogens is 204 g/mol. The summed E-state index contributed by atoms with van der Waals surface area (Å²) in [5.74, 6) is -0.780. The van der Waals surface area contributed by atoms with Crippen molar-refractivity contribution in [3.05, 3.63) is 23.8 Å². The number of carboxylic acids is 1. The minimum absolute atomic E-state index is 0.102. The Morgan fingerprint density at radius 2 is 2.06 bits per heavy atom. The fourth-order valence-corrected chi connectivity index (χ4v) is 1.80. The summed E-state index contributed by atoms with van der Waals surface area (Å²) in [7, 11) is 0. The smallest absolute Gasteiger partial charge is 0.356 e. The molecule has 0 saturated heterocycles. The van der Waals surface area contributed by atoms with Gasteiger partial charge in [-0.1, -0.05) is 26.7 Å². The van der Waals surface area contributed by atoms with Crippen LogP contribution in [0, 0.1) is 0 Å². The molecule has 0 radical (unpaired) electrons. The Labute approximate surface area is 95.7 Å². The van der Waals surface area contributed by atoms with E-state index in [4.69, 9.17) is 5.11 Å². The Hall–Kier alpha value is -1.45. The van der Waals surface area contributed by atoms with Crippen molar-refractivity contribution in [3.63, 3.8) is 0 Å². The van der Waals surface area contributed by atoms with Gasteiger partial charge in [0.05, 0.1) is 5.69 Å². The number of aromatic nitrogens is 2. The zero-order valence-electron chi connectivity index (χ0n) is 9.81. The monoisotopic (exact) mass is 222 g/mol. The molecule has 0 aliphatic heterocycles. The highest BCUT2D eigenvalue weighted by molar-refractivity contribution is 5.86. The van der Waals surface area contributed by atoms with Crippen molar-refractivity contribution in [1.82, 2.24) is 9.97 Å². The summed E-state index contributed by atoms with van der Waals surface area (Å²) < 4.78 is 0. The molecule has 1 atom stereocenters. The molecule has 1 N–H and O–H groups in total. The second kappa shape index (κ2) is 6.20. The molecule has 1 unspecified atom stereocenters. The van der Waals surface area contributed by atoms with Gasteiger partial charge in [0.1, 0.15) is 0 Å². The number of unbranched alkanes of at least 4 members (excludes halogenated alkanes) is 1. The first kappa shape index (κ1) is 12.6. The fourth-order valence-electron chi connectivity index (χ4n) is 1.80. The third-order valence-corrected chi connectivity index (χ3v) is 2.71. The van der Waals surface area contributed by atoms with E-state index in [0.717, 1.165) is 25.7 Å². The molecule has 4 heteroatoms. The zero-order valence-corrected chi connectivity index (χ0v) is 9.81. The topological polar surface area (TPSA) is 63.1 Å². The third-order valence-electron chi connectivity index (χ3n) is 2.71. The lowest BCUT2D eigenvalue weighted by atomic mass is 9.94. The normalized spacial score (nSPS) is 12.4. The van der Waals surface area contributed by atoms with Crippen LogP contribution in [-0.2, 0) is 0 Å². The second-order valence-corrected chi connectivity index (χ2v) is 3.84. The van der Waals surface area contributed by atoms with Gasteiger partial charge in [0, 0.05) is 18.3 Å². The molecule has 1 rings (SSSR count). The molecule has 0 spiro atoms.